The predicted molar refractivity (Wildman–Crippen MR) is 284 cm³/mol. The molecule has 5 rings (SSSR count). The number of benzene rings is 2. The molecule has 7 nitrogen and oxygen atoms in total. The molecule has 3 aliphatic heterocycles. The summed E-state index contributed by atoms with van der Waals surface area (Å²) >= 11 is 0. The molecular weight excluding hydrogens is 779 g/mol. The summed E-state index contributed by atoms with van der Waals surface area (Å²) in [5, 5.41) is 0. The molecule has 63 heavy (non-hydrogen) atoms. The third-order valence-corrected chi connectivity index (χ3v) is 13.0. The minimum Gasteiger partial charge on any atom is -0.296 e. The van der Waals surface area contributed by atoms with Crippen molar-refractivity contribution in [2.75, 3.05) is 7.05 Å². The van der Waals surface area contributed by atoms with E-state index in [1.165, 1.54) is 4.90 Å². The molecule has 5 unspecified atom stereocenters. The van der Waals surface area contributed by atoms with E-state index in [0.717, 1.165) is 16.0 Å². The monoisotopic (exact) mass is 866 g/mol. The van der Waals surface area contributed by atoms with Gasteiger partial charge in [0.15, 0.2) is 0 Å². The average molecular weight is 866 g/mol. The summed E-state index contributed by atoms with van der Waals surface area (Å²) in [6, 6.07) is 21.9. The summed E-state index contributed by atoms with van der Waals surface area (Å²) in [5.74, 6) is 35.6. The van der Waals surface area contributed by atoms with E-state index in [1.807, 2.05) is 74.5 Å². The van der Waals surface area contributed by atoms with Gasteiger partial charge in [-0.05, 0) is 124 Å². The van der Waals surface area contributed by atoms with E-state index in [4.69, 9.17) is 6.42 Å². The van der Waals surface area contributed by atoms with Crippen molar-refractivity contribution in [1.82, 2.24) is 14.7 Å². The molecule has 2 aromatic carbocycles. The summed E-state index contributed by atoms with van der Waals surface area (Å²) in [5.41, 5.74) is -0.278. The van der Waals surface area contributed by atoms with Gasteiger partial charge >= 0.3 is 0 Å². The SMILES string of the molecule is C#CC#CC#CC#CC#CC#CC#CC#CC#CN1C(=O)C(CC(C)(C)c2ccccc2)C(C(C)(CC2C(=O)N(C3CC(C)(C)N(C)C(C)(C)C3)C(=O)C2C)c2ccccc2)C1=O.[HH].[HH].[HH].[HH].[HH].[HH].[HH].[HH].[HH].[HH].[HH].[HH].[HH].[HH].[HH].[HH].[HH].[HH]. The molecule has 3 fully saturated rings. The zero-order valence-corrected chi connectivity index (χ0v) is 37.5. The first-order chi connectivity index (χ1) is 29.9. The fraction of sp³-hybridized carbons (Fsp3) is 0.393. The quantitative estimate of drug-likeness (QED) is 0.195. The number of carbonyl (C=O) groups is 4. The molecule has 3 aliphatic rings. The molecule has 0 N–H and O–H groups in total. The van der Waals surface area contributed by atoms with Gasteiger partial charge in [0.05, 0.1) is 17.8 Å². The summed E-state index contributed by atoms with van der Waals surface area (Å²) in [7, 11) is 2.10. The van der Waals surface area contributed by atoms with Crippen LogP contribution in [0, 0.1) is 131 Å². The lowest BCUT2D eigenvalue weighted by Crippen LogP contribution is -2.63. The Kier molecular flexibility index (Phi) is 14.6. The number of terminal acetylenes is 1. The molecule has 3 heterocycles. The largest absolute Gasteiger partial charge is 0.296 e. The molecule has 0 radical (unpaired) electrons. The Hall–Kier alpha value is -7.28. The zero-order chi connectivity index (χ0) is 46.0. The fourth-order valence-corrected chi connectivity index (χ4v) is 9.56. The van der Waals surface area contributed by atoms with Gasteiger partial charge in [0.25, 0.3) is 0 Å². The van der Waals surface area contributed by atoms with E-state index in [9.17, 15) is 19.2 Å². The van der Waals surface area contributed by atoms with Crippen LogP contribution in [-0.2, 0) is 30.0 Å². The van der Waals surface area contributed by atoms with Crippen molar-refractivity contribution in [3.8, 4) is 107 Å². The van der Waals surface area contributed by atoms with Crippen LogP contribution in [0.25, 0.3) is 0 Å². The maximum Gasteiger partial charge on any atom is 0.245 e. The van der Waals surface area contributed by atoms with Crippen LogP contribution in [0.15, 0.2) is 60.7 Å². The van der Waals surface area contributed by atoms with E-state index in [0.29, 0.717) is 19.3 Å². The normalized spacial score (nSPS) is 22.0. The number of nitrogens with zero attached hydrogens (tertiary/aromatic N) is 3. The van der Waals surface area contributed by atoms with Crippen LogP contribution in [0.1, 0.15) is 118 Å². The first kappa shape index (κ1) is 46.8. The van der Waals surface area contributed by atoms with Gasteiger partial charge in [-0.3, -0.25) is 29.0 Å². The Balaban J connectivity index is -0.000000208. The van der Waals surface area contributed by atoms with Gasteiger partial charge in [-0.1, -0.05) is 88.4 Å². The van der Waals surface area contributed by atoms with Crippen molar-refractivity contribution in [2.45, 2.75) is 109 Å². The molecule has 0 aliphatic carbocycles. The standard InChI is InChI=1S/C56H51N3O4.18H2/c1-11-12-13-14-15-16-17-18-19-20-21-22-23-24-25-32-37-58-50(61)47(40-53(3,4)43-33-28-26-29-34-43)48(52(58)63)56(9,44-35-30-27-31-36-44)41-46-42(2)49(60)59(51(46)62)45-38-54(5,6)57(10)55(7,8)39-45;;;;;;;;;;;;;;;;;;/h1,26-31,33-36,42,45-48H,38-41H2,2-10H3;18*1H. The lowest BCUT2D eigenvalue weighted by Gasteiger charge is -2.54. The molecule has 5 atom stereocenters. The Bertz CT molecular complexity index is 2780. The van der Waals surface area contributed by atoms with Gasteiger partial charge in [-0.2, -0.15) is 0 Å². The number of hydrogen-bond donors (Lipinski definition) is 0. The predicted octanol–water partition coefficient (Wildman–Crippen LogP) is 10.6. The molecule has 3 saturated heterocycles. The minimum absolute atomic E-state index is 0. The Morgan fingerprint density at radius 2 is 1.05 bits per heavy atom. The van der Waals surface area contributed by atoms with Gasteiger partial charge in [0.2, 0.25) is 23.6 Å². The van der Waals surface area contributed by atoms with Gasteiger partial charge in [-0.25, -0.2) is 4.90 Å². The highest BCUT2D eigenvalue weighted by molar-refractivity contribution is 6.08. The van der Waals surface area contributed by atoms with Crippen LogP contribution in [0.2, 0.25) is 0 Å². The van der Waals surface area contributed by atoms with Gasteiger partial charge < -0.3 is 0 Å². The van der Waals surface area contributed by atoms with Crippen molar-refractivity contribution >= 4 is 23.6 Å². The van der Waals surface area contributed by atoms with E-state index in [1.54, 1.807) is 0 Å². The topological polar surface area (TPSA) is 78.0 Å². The molecule has 4 amide bonds. The van der Waals surface area contributed by atoms with Crippen molar-refractivity contribution < 1.29 is 44.9 Å². The maximum atomic E-state index is 14.9. The third-order valence-electron chi connectivity index (χ3n) is 13.0. The second-order valence-corrected chi connectivity index (χ2v) is 18.4. The third kappa shape index (κ3) is 10.4. The lowest BCUT2D eigenvalue weighted by atomic mass is 9.60. The molecule has 0 bridgehead atoms. The van der Waals surface area contributed by atoms with E-state index >= 15 is 0 Å². The second-order valence-electron chi connectivity index (χ2n) is 18.4. The van der Waals surface area contributed by atoms with Crippen LogP contribution in [0.5, 0.6) is 0 Å². The zero-order valence-electron chi connectivity index (χ0n) is 37.5. The van der Waals surface area contributed by atoms with Crippen LogP contribution in [-0.4, -0.2) is 62.5 Å². The summed E-state index contributed by atoms with van der Waals surface area (Å²) in [6.07, 6.45) is 6.81. The molecule has 350 valence electrons. The smallest absolute Gasteiger partial charge is 0.245 e. The summed E-state index contributed by atoms with van der Waals surface area (Å²) < 4.78 is 0. The van der Waals surface area contributed by atoms with Crippen molar-refractivity contribution in [3.05, 3.63) is 71.8 Å². The second kappa shape index (κ2) is 19.6. The highest BCUT2D eigenvalue weighted by Gasteiger charge is 2.60. The molecule has 0 saturated carbocycles. The molecule has 7 heteroatoms. The van der Waals surface area contributed by atoms with Crippen molar-refractivity contribution in [1.29, 1.82) is 0 Å². The fourth-order valence-electron chi connectivity index (χ4n) is 9.56. The van der Waals surface area contributed by atoms with E-state index in [2.05, 4.69) is 154 Å². The Labute approximate surface area is 401 Å². The first-order valence-corrected chi connectivity index (χ1v) is 20.9. The maximum absolute atomic E-state index is 14.9. The van der Waals surface area contributed by atoms with Crippen LogP contribution >= 0.6 is 0 Å². The molecule has 2 aromatic rings. The van der Waals surface area contributed by atoms with E-state index < -0.39 is 46.3 Å². The molecule has 0 aromatic heterocycles. The van der Waals surface area contributed by atoms with Crippen LogP contribution < -0.4 is 0 Å². The van der Waals surface area contributed by atoms with Crippen molar-refractivity contribution in [3.63, 3.8) is 0 Å². The number of piperidine rings is 1. The Morgan fingerprint density at radius 1 is 0.603 bits per heavy atom. The average Bonchev–Trinajstić information content (AvgIpc) is 3.60. The number of hydrogen-bond acceptors (Lipinski definition) is 5. The first-order valence-electron chi connectivity index (χ1n) is 20.9. The van der Waals surface area contributed by atoms with E-state index in [-0.39, 0.29) is 61.0 Å². The number of amides is 4. The number of imide groups is 2. The molecule has 0 spiro atoms. The number of rotatable bonds is 8. The highest BCUT2D eigenvalue weighted by Crippen LogP contribution is 2.52. The van der Waals surface area contributed by atoms with Gasteiger partial charge in [0, 0.05) is 108 Å². The van der Waals surface area contributed by atoms with Gasteiger partial charge in [0.1, 0.15) is 0 Å². The summed E-state index contributed by atoms with van der Waals surface area (Å²) in [6.45, 7) is 16.5. The number of likely N-dealkylation sites (tertiary alicyclic amines) is 3. The van der Waals surface area contributed by atoms with Crippen LogP contribution in [0.4, 0.5) is 0 Å². The highest BCUT2D eigenvalue weighted by atomic mass is 16.2. The van der Waals surface area contributed by atoms with Gasteiger partial charge in [-0.15, -0.1) is 6.42 Å². The molecular formula is C56H87N3O4. The van der Waals surface area contributed by atoms with Crippen LogP contribution in [0.3, 0.4) is 0 Å². The number of carbonyl (C=O) groups excluding carboxylic acids is 4. The minimum atomic E-state index is -1.06. The Morgan fingerprint density at radius 3 is 1.52 bits per heavy atom. The lowest BCUT2D eigenvalue weighted by molar-refractivity contribution is -0.148. The summed E-state index contributed by atoms with van der Waals surface area (Å²) in [4.78, 5) is 63.5. The van der Waals surface area contributed by atoms with Crippen molar-refractivity contribution in [2.24, 2.45) is 23.7 Å².